The van der Waals surface area contributed by atoms with E-state index in [1.165, 1.54) is 48.2 Å². The molecule has 50 heavy (non-hydrogen) atoms. The minimum absolute atomic E-state index is 0.330. The van der Waals surface area contributed by atoms with Gasteiger partial charge in [-0.05, 0) is 93.9 Å². The lowest BCUT2D eigenvalue weighted by Crippen LogP contribution is -2.17. The van der Waals surface area contributed by atoms with E-state index >= 15 is 0 Å². The van der Waals surface area contributed by atoms with Crippen molar-refractivity contribution in [3.63, 3.8) is 0 Å². The molecule has 12 heteroatoms. The first-order valence-electron chi connectivity index (χ1n) is 14.9. The molecule has 0 aliphatic heterocycles. The van der Waals surface area contributed by atoms with Crippen molar-refractivity contribution in [1.82, 2.24) is 0 Å². The average Bonchev–Trinajstić information content (AvgIpc) is 3.05. The Balaban J connectivity index is 1.42. The first-order chi connectivity index (χ1) is 23.7. The maximum atomic E-state index is 12.8. The van der Waals surface area contributed by atoms with E-state index in [0.29, 0.717) is 33.8 Å². The number of aryl methyl sites for hydroxylation is 1. The third kappa shape index (κ3) is 10.3. The van der Waals surface area contributed by atoms with Crippen LogP contribution in [-0.2, 0) is 4.79 Å². The first-order valence-corrected chi connectivity index (χ1v) is 15.9. The lowest BCUT2D eigenvalue weighted by Gasteiger charge is -2.13. The van der Waals surface area contributed by atoms with Gasteiger partial charge in [0.15, 0.2) is 6.61 Å². The third-order valence-electron chi connectivity index (χ3n) is 7.23. The molecule has 0 atom stereocenters. The van der Waals surface area contributed by atoms with Crippen molar-refractivity contribution in [3.05, 3.63) is 138 Å². The zero-order valence-electron chi connectivity index (χ0n) is 26.2. The van der Waals surface area contributed by atoms with Gasteiger partial charge in [0.25, 0.3) is 0 Å². The molecule has 0 bridgehead atoms. The van der Waals surface area contributed by atoms with Crippen LogP contribution in [-0.4, -0.2) is 36.2 Å². The fourth-order valence-corrected chi connectivity index (χ4v) is 5.93. The summed E-state index contributed by atoms with van der Waals surface area (Å²) in [5.74, 6) is -0.733. The SMILES string of the molecule is Cc1cc(SCC=C(c2ccc(-c3cccc(OC(F)(F)F)c3)cc2)c2ccc(-c3cccc(OC(F)(F)F)c3)cc2)ccc1OCC(=O)O. The lowest BCUT2D eigenvalue weighted by molar-refractivity contribution is -0.275. The molecule has 0 aliphatic carbocycles. The van der Waals surface area contributed by atoms with E-state index < -0.39 is 25.3 Å². The Morgan fingerprint density at radius 2 is 1.18 bits per heavy atom. The Morgan fingerprint density at radius 3 is 1.62 bits per heavy atom. The topological polar surface area (TPSA) is 65.0 Å². The average molecular weight is 711 g/mol. The molecule has 0 aliphatic rings. The van der Waals surface area contributed by atoms with Crippen molar-refractivity contribution in [2.75, 3.05) is 12.4 Å². The Kier molecular flexibility index (Phi) is 11.1. The summed E-state index contributed by atoms with van der Waals surface area (Å²) in [7, 11) is 0. The number of alkyl halides is 6. The molecule has 5 nitrogen and oxygen atoms in total. The zero-order valence-corrected chi connectivity index (χ0v) is 27.0. The second kappa shape index (κ2) is 15.5. The summed E-state index contributed by atoms with van der Waals surface area (Å²) in [5.41, 5.74) is 5.67. The number of aliphatic carboxylic acids is 1. The summed E-state index contributed by atoms with van der Waals surface area (Å²) in [4.78, 5) is 11.8. The predicted octanol–water partition coefficient (Wildman–Crippen LogP) is 10.8. The maximum Gasteiger partial charge on any atom is 0.573 e. The predicted molar refractivity (Wildman–Crippen MR) is 179 cm³/mol. The summed E-state index contributed by atoms with van der Waals surface area (Å²) in [6.45, 7) is 1.37. The summed E-state index contributed by atoms with van der Waals surface area (Å²) in [5, 5.41) is 8.90. The van der Waals surface area contributed by atoms with Gasteiger partial charge in [-0.2, -0.15) is 0 Å². The Bertz CT molecular complexity index is 1870. The molecule has 258 valence electrons. The highest BCUT2D eigenvalue weighted by molar-refractivity contribution is 7.99. The number of benzene rings is 5. The molecule has 0 unspecified atom stereocenters. The van der Waals surface area contributed by atoms with E-state index in [1.807, 2.05) is 49.4 Å². The molecule has 1 N–H and O–H groups in total. The van der Waals surface area contributed by atoms with Gasteiger partial charge in [-0.15, -0.1) is 38.1 Å². The summed E-state index contributed by atoms with van der Waals surface area (Å²) < 4.78 is 90.1. The van der Waals surface area contributed by atoms with Gasteiger partial charge < -0.3 is 19.3 Å². The normalized spacial score (nSPS) is 11.5. The molecule has 5 rings (SSSR count). The number of rotatable bonds is 12. The molecule has 5 aromatic rings. The van der Waals surface area contributed by atoms with Crippen LogP contribution in [0.25, 0.3) is 27.8 Å². The largest absolute Gasteiger partial charge is 0.573 e. The monoisotopic (exact) mass is 710 g/mol. The first kappa shape index (κ1) is 35.9. The number of hydrogen-bond donors (Lipinski definition) is 1. The van der Waals surface area contributed by atoms with E-state index in [9.17, 15) is 31.1 Å². The lowest BCUT2D eigenvalue weighted by atomic mass is 9.94. The minimum Gasteiger partial charge on any atom is -0.482 e. The van der Waals surface area contributed by atoms with Gasteiger partial charge >= 0.3 is 18.7 Å². The number of ether oxygens (including phenoxy) is 3. The van der Waals surface area contributed by atoms with Gasteiger partial charge in [-0.1, -0.05) is 78.9 Å². The van der Waals surface area contributed by atoms with Gasteiger partial charge in [0.2, 0.25) is 0 Å². The van der Waals surface area contributed by atoms with E-state index in [2.05, 4.69) is 9.47 Å². The van der Waals surface area contributed by atoms with Crippen molar-refractivity contribution in [1.29, 1.82) is 0 Å². The second-order valence-electron chi connectivity index (χ2n) is 10.8. The zero-order chi connectivity index (χ0) is 35.9. The van der Waals surface area contributed by atoms with Gasteiger partial charge in [0.05, 0.1) is 0 Å². The maximum absolute atomic E-state index is 12.8. The van der Waals surface area contributed by atoms with Crippen LogP contribution in [0.1, 0.15) is 16.7 Å². The highest BCUT2D eigenvalue weighted by Crippen LogP contribution is 2.34. The van der Waals surface area contributed by atoms with Crippen molar-refractivity contribution >= 4 is 23.3 Å². The number of halogens is 6. The Labute approximate surface area is 287 Å². The van der Waals surface area contributed by atoms with E-state index in [1.54, 1.807) is 42.5 Å². The van der Waals surface area contributed by atoms with Gasteiger partial charge in [0.1, 0.15) is 17.2 Å². The van der Waals surface area contributed by atoms with Crippen LogP contribution >= 0.6 is 11.8 Å². The molecule has 0 aromatic heterocycles. The summed E-state index contributed by atoms with van der Waals surface area (Å²) in [6, 6.07) is 31.4. The highest BCUT2D eigenvalue weighted by atomic mass is 32.2. The molecule has 0 spiro atoms. The molecule has 0 amide bonds. The summed E-state index contributed by atoms with van der Waals surface area (Å²) >= 11 is 1.54. The van der Waals surface area contributed by atoms with Gasteiger partial charge in [0, 0.05) is 10.6 Å². The summed E-state index contributed by atoms with van der Waals surface area (Å²) in [6.07, 6.45) is -7.61. The third-order valence-corrected chi connectivity index (χ3v) is 8.15. The van der Waals surface area contributed by atoms with Gasteiger partial charge in [-0.3, -0.25) is 0 Å². The quantitative estimate of drug-likeness (QED) is 0.103. The standard InChI is InChI=1S/C38H28F6O5S/c1-24-20-33(16-17-35(24)47-23-36(45)46)50-19-18-34(27-12-8-25(9-13-27)29-4-2-6-31(21-29)48-37(39,40)41)28-14-10-26(11-15-28)30-5-3-7-32(22-30)49-38(42,43)44/h2-18,20-22H,19,23H2,1H3,(H,45,46). The van der Waals surface area contributed by atoms with Crippen molar-refractivity contribution in [3.8, 4) is 39.5 Å². The molecule has 0 saturated carbocycles. The van der Waals surface area contributed by atoms with Crippen LogP contribution in [0.2, 0.25) is 0 Å². The van der Waals surface area contributed by atoms with E-state index in [4.69, 9.17) is 9.84 Å². The number of carboxylic acid groups (broad SMARTS) is 1. The molecule has 5 aromatic carbocycles. The molecule has 0 saturated heterocycles. The van der Waals surface area contributed by atoms with Crippen molar-refractivity contribution in [2.24, 2.45) is 0 Å². The molecular weight excluding hydrogens is 682 g/mol. The molecular formula is C38H28F6O5S. The van der Waals surface area contributed by atoms with E-state index in [-0.39, 0.29) is 11.5 Å². The van der Waals surface area contributed by atoms with Crippen LogP contribution in [0, 0.1) is 6.92 Å². The highest BCUT2D eigenvalue weighted by Gasteiger charge is 2.32. The molecule has 0 fully saturated rings. The number of carbonyl (C=O) groups is 1. The Morgan fingerprint density at radius 1 is 0.680 bits per heavy atom. The molecule has 0 heterocycles. The van der Waals surface area contributed by atoms with Crippen LogP contribution < -0.4 is 14.2 Å². The van der Waals surface area contributed by atoms with Crippen LogP contribution in [0.15, 0.2) is 126 Å². The Hall–Kier alpha value is -5.36. The van der Waals surface area contributed by atoms with E-state index in [0.717, 1.165) is 27.2 Å². The van der Waals surface area contributed by atoms with Crippen LogP contribution in [0.3, 0.4) is 0 Å². The fraction of sp³-hybridized carbons (Fsp3) is 0.132. The smallest absolute Gasteiger partial charge is 0.482 e. The van der Waals surface area contributed by atoms with Crippen molar-refractivity contribution in [2.45, 2.75) is 24.5 Å². The van der Waals surface area contributed by atoms with Crippen molar-refractivity contribution < 1.29 is 50.5 Å². The minimum atomic E-state index is -4.82. The van der Waals surface area contributed by atoms with Crippen LogP contribution in [0.5, 0.6) is 17.2 Å². The number of thioether (sulfide) groups is 1. The fourth-order valence-electron chi connectivity index (χ4n) is 5.07. The number of carboxylic acids is 1. The van der Waals surface area contributed by atoms with Gasteiger partial charge in [-0.25, -0.2) is 4.79 Å². The molecule has 0 radical (unpaired) electrons. The van der Waals surface area contributed by atoms with Crippen LogP contribution in [0.4, 0.5) is 26.3 Å². The number of hydrogen-bond acceptors (Lipinski definition) is 5. The second-order valence-corrected chi connectivity index (χ2v) is 11.9.